The number of nitrogen functional groups attached to an aromatic ring is 1. The van der Waals surface area contributed by atoms with Crippen molar-refractivity contribution >= 4 is 22.9 Å². The summed E-state index contributed by atoms with van der Waals surface area (Å²) in [6, 6.07) is 0.253. The Hall–Kier alpha value is -2.22. The molecule has 108 valence electrons. The van der Waals surface area contributed by atoms with Crippen LogP contribution in [0.25, 0.3) is 11.2 Å². The topological polar surface area (TPSA) is 111 Å². The van der Waals surface area contributed by atoms with Crippen molar-refractivity contribution in [3.63, 3.8) is 0 Å². The largest absolute Gasteiger partial charge is 0.348 e. The van der Waals surface area contributed by atoms with Crippen molar-refractivity contribution in [2.24, 2.45) is 17.7 Å². The number of aromatic nitrogens is 4. The van der Waals surface area contributed by atoms with E-state index in [9.17, 15) is 4.79 Å². The number of carbonyl (C=O) groups excluding carboxylic acids is 1. The maximum absolute atomic E-state index is 11.8. The second-order valence-electron chi connectivity index (χ2n) is 6.34. The maximum atomic E-state index is 11.8. The molecule has 4 atom stereocenters. The summed E-state index contributed by atoms with van der Waals surface area (Å²) >= 11 is 0. The van der Waals surface area contributed by atoms with Crippen LogP contribution in [0.5, 0.6) is 0 Å². The number of hydrazine groups is 1. The van der Waals surface area contributed by atoms with Crippen LogP contribution in [-0.4, -0.2) is 31.0 Å². The third kappa shape index (κ3) is 1.28. The van der Waals surface area contributed by atoms with Gasteiger partial charge < -0.3 is 15.3 Å². The van der Waals surface area contributed by atoms with Gasteiger partial charge in [-0.1, -0.05) is 0 Å². The molecule has 21 heavy (non-hydrogen) atoms. The third-order valence-corrected chi connectivity index (χ3v) is 5.32. The number of rotatable bonds is 2. The number of nitrogens with zero attached hydrogens (tertiary/aromatic N) is 4. The van der Waals surface area contributed by atoms with Gasteiger partial charge in [0.2, 0.25) is 5.91 Å². The zero-order valence-electron chi connectivity index (χ0n) is 11.3. The van der Waals surface area contributed by atoms with E-state index in [4.69, 9.17) is 5.84 Å². The molecular formula is C13H15N7O. The summed E-state index contributed by atoms with van der Waals surface area (Å²) in [4.78, 5) is 24.6. The van der Waals surface area contributed by atoms with Crippen LogP contribution in [0.4, 0.5) is 5.82 Å². The van der Waals surface area contributed by atoms with Gasteiger partial charge in [0, 0.05) is 12.3 Å². The summed E-state index contributed by atoms with van der Waals surface area (Å²) in [6.45, 7) is 0. The van der Waals surface area contributed by atoms with Crippen molar-refractivity contribution in [3.8, 4) is 0 Å². The molecule has 0 aromatic carbocycles. The molecule has 2 aromatic rings. The first-order chi connectivity index (χ1) is 10.2. The van der Waals surface area contributed by atoms with Gasteiger partial charge in [0.25, 0.3) is 0 Å². The number of amides is 1. The van der Waals surface area contributed by atoms with Crippen LogP contribution in [0.15, 0.2) is 12.7 Å². The van der Waals surface area contributed by atoms with E-state index >= 15 is 0 Å². The van der Waals surface area contributed by atoms with Crippen LogP contribution < -0.4 is 16.6 Å². The monoisotopic (exact) mass is 285 g/mol. The highest BCUT2D eigenvalue weighted by Crippen LogP contribution is 2.68. The minimum absolute atomic E-state index is 0.0745. The van der Waals surface area contributed by atoms with E-state index in [1.54, 1.807) is 6.33 Å². The highest BCUT2D eigenvalue weighted by atomic mass is 16.2. The Morgan fingerprint density at radius 2 is 2.33 bits per heavy atom. The lowest BCUT2D eigenvalue weighted by Crippen LogP contribution is -2.43. The Labute approximate surface area is 120 Å². The van der Waals surface area contributed by atoms with Crippen LogP contribution >= 0.6 is 0 Å². The van der Waals surface area contributed by atoms with E-state index < -0.39 is 0 Å². The molecule has 2 saturated carbocycles. The van der Waals surface area contributed by atoms with Gasteiger partial charge in [0.05, 0.1) is 17.9 Å². The Balaban J connectivity index is 1.60. The fourth-order valence-corrected chi connectivity index (χ4v) is 4.58. The standard InChI is InChI=1S/C13H15N7O/c14-19-11-9-12(16-4-15-11)20(5-17-9)10-7-1-6-2-8(21)18-13(7,10)3-6/h4-7,10H,1-3,14H2,(H,18,21)(H,15,16,19). The molecule has 8 nitrogen and oxygen atoms in total. The van der Waals surface area contributed by atoms with Crippen molar-refractivity contribution in [3.05, 3.63) is 12.7 Å². The van der Waals surface area contributed by atoms with Crippen molar-refractivity contribution < 1.29 is 4.79 Å². The molecule has 1 amide bonds. The number of hydrogen-bond acceptors (Lipinski definition) is 6. The minimum atomic E-state index is -0.0745. The van der Waals surface area contributed by atoms with Gasteiger partial charge in [-0.25, -0.2) is 20.8 Å². The number of carbonyl (C=O) groups is 1. The zero-order chi connectivity index (χ0) is 14.2. The average Bonchev–Trinajstić information content (AvgIpc) is 2.81. The van der Waals surface area contributed by atoms with Crippen molar-refractivity contribution in [1.82, 2.24) is 24.8 Å². The fourth-order valence-electron chi connectivity index (χ4n) is 4.58. The number of nitrogens with one attached hydrogen (secondary N) is 2. The Morgan fingerprint density at radius 3 is 3.19 bits per heavy atom. The summed E-state index contributed by atoms with van der Waals surface area (Å²) in [5.41, 5.74) is 3.90. The van der Waals surface area contributed by atoms with E-state index in [1.807, 2.05) is 0 Å². The van der Waals surface area contributed by atoms with E-state index in [0.717, 1.165) is 18.5 Å². The lowest BCUT2D eigenvalue weighted by atomic mass is 9.93. The lowest BCUT2D eigenvalue weighted by molar-refractivity contribution is -0.124. The summed E-state index contributed by atoms with van der Waals surface area (Å²) in [7, 11) is 0. The van der Waals surface area contributed by atoms with Gasteiger partial charge in [-0.3, -0.25) is 4.79 Å². The van der Waals surface area contributed by atoms with E-state index in [1.165, 1.54) is 6.33 Å². The zero-order valence-corrected chi connectivity index (χ0v) is 11.3. The first-order valence-corrected chi connectivity index (χ1v) is 7.18. The van der Waals surface area contributed by atoms with E-state index in [0.29, 0.717) is 29.6 Å². The highest BCUT2D eigenvalue weighted by molar-refractivity contribution is 5.83. The van der Waals surface area contributed by atoms with E-state index in [2.05, 4.69) is 30.3 Å². The van der Waals surface area contributed by atoms with Crippen molar-refractivity contribution in [1.29, 1.82) is 0 Å². The molecule has 0 radical (unpaired) electrons. The number of piperidine rings is 1. The normalized spacial score (nSPS) is 36.4. The first kappa shape index (κ1) is 11.4. The van der Waals surface area contributed by atoms with Crippen LogP contribution in [0.2, 0.25) is 0 Å². The molecule has 2 aromatic heterocycles. The second kappa shape index (κ2) is 3.51. The molecule has 1 aliphatic heterocycles. The molecule has 3 heterocycles. The van der Waals surface area contributed by atoms with Crippen molar-refractivity contribution in [2.75, 3.05) is 5.43 Å². The molecule has 3 aliphatic rings. The molecule has 8 heteroatoms. The number of imidazole rings is 1. The minimum Gasteiger partial charge on any atom is -0.348 e. The molecule has 4 N–H and O–H groups in total. The summed E-state index contributed by atoms with van der Waals surface area (Å²) in [5.74, 6) is 7.20. The Bertz CT molecular complexity index is 771. The summed E-state index contributed by atoms with van der Waals surface area (Å²) in [6.07, 6.45) is 6.12. The number of hydrogen-bond donors (Lipinski definition) is 3. The molecular weight excluding hydrogens is 270 g/mol. The molecule has 2 aliphatic carbocycles. The second-order valence-corrected chi connectivity index (χ2v) is 6.34. The predicted molar refractivity (Wildman–Crippen MR) is 73.9 cm³/mol. The SMILES string of the molecule is NNc1ncnc2c1ncn2C1C2CC3CC(=O)NC21C3. The predicted octanol–water partition coefficient (Wildman–Crippen LogP) is -0.0485. The van der Waals surface area contributed by atoms with Gasteiger partial charge in [-0.2, -0.15) is 0 Å². The van der Waals surface area contributed by atoms with Crippen LogP contribution in [-0.2, 0) is 4.79 Å². The molecule has 1 saturated heterocycles. The summed E-state index contributed by atoms with van der Waals surface area (Å²) < 4.78 is 2.07. The fraction of sp³-hybridized carbons (Fsp3) is 0.538. The van der Waals surface area contributed by atoms with Gasteiger partial charge in [0.15, 0.2) is 17.0 Å². The molecule has 2 bridgehead atoms. The molecule has 4 unspecified atom stereocenters. The number of nitrogens with two attached hydrogens (primary N) is 1. The first-order valence-electron chi connectivity index (χ1n) is 7.18. The Kier molecular flexibility index (Phi) is 1.91. The molecule has 5 rings (SSSR count). The lowest BCUT2D eigenvalue weighted by Gasteiger charge is -2.27. The highest BCUT2D eigenvalue weighted by Gasteiger charge is 2.72. The van der Waals surface area contributed by atoms with Crippen molar-refractivity contribution in [2.45, 2.75) is 30.8 Å². The van der Waals surface area contributed by atoms with Gasteiger partial charge in [-0.15, -0.1) is 0 Å². The number of anilines is 1. The molecule has 1 spiro atoms. The van der Waals surface area contributed by atoms with Crippen LogP contribution in [0.3, 0.4) is 0 Å². The van der Waals surface area contributed by atoms with E-state index in [-0.39, 0.29) is 17.5 Å². The average molecular weight is 285 g/mol. The quantitative estimate of drug-likeness (QED) is 0.527. The maximum Gasteiger partial charge on any atom is 0.220 e. The van der Waals surface area contributed by atoms with Gasteiger partial charge in [0.1, 0.15) is 6.33 Å². The Morgan fingerprint density at radius 1 is 1.43 bits per heavy atom. The number of fused-ring (bicyclic) bond motifs is 2. The smallest absolute Gasteiger partial charge is 0.220 e. The third-order valence-electron chi connectivity index (χ3n) is 5.32. The molecule has 3 fully saturated rings. The summed E-state index contributed by atoms with van der Waals surface area (Å²) in [5, 5.41) is 3.22. The van der Waals surface area contributed by atoms with Crippen LogP contribution in [0.1, 0.15) is 25.3 Å². The van der Waals surface area contributed by atoms with Crippen LogP contribution in [0, 0.1) is 11.8 Å². The van der Waals surface area contributed by atoms with Gasteiger partial charge >= 0.3 is 0 Å². The van der Waals surface area contributed by atoms with Gasteiger partial charge in [-0.05, 0) is 18.8 Å².